The van der Waals surface area contributed by atoms with E-state index in [9.17, 15) is 0 Å². The van der Waals surface area contributed by atoms with Crippen LogP contribution in [0.3, 0.4) is 0 Å². The van der Waals surface area contributed by atoms with Gasteiger partial charge in [-0.15, -0.1) is 0 Å². The van der Waals surface area contributed by atoms with Gasteiger partial charge in [0.25, 0.3) is 0 Å². The maximum atomic E-state index is 6.07. The molecule has 0 atom stereocenters. The molecule has 1 aromatic carbocycles. The highest BCUT2D eigenvalue weighted by Crippen LogP contribution is 2.24. The smallest absolute Gasteiger partial charge is 0.197 e. The van der Waals surface area contributed by atoms with Crippen LogP contribution in [0.4, 0.5) is 11.5 Å². The van der Waals surface area contributed by atoms with Gasteiger partial charge in [-0.25, -0.2) is 14.5 Å². The fourth-order valence-corrected chi connectivity index (χ4v) is 1.72. The van der Waals surface area contributed by atoms with Crippen molar-refractivity contribution in [3.05, 3.63) is 48.0 Å². The second kappa shape index (κ2) is 4.03. The van der Waals surface area contributed by atoms with Crippen LogP contribution in [0.15, 0.2) is 43.0 Å². The van der Waals surface area contributed by atoms with Crippen molar-refractivity contribution >= 4 is 28.8 Å². The summed E-state index contributed by atoms with van der Waals surface area (Å²) in [6.45, 7) is 0. The van der Waals surface area contributed by atoms with E-state index in [1.165, 1.54) is 6.33 Å². The molecule has 17 heavy (non-hydrogen) atoms. The van der Waals surface area contributed by atoms with Gasteiger partial charge in [0.1, 0.15) is 6.33 Å². The van der Waals surface area contributed by atoms with Crippen LogP contribution in [0, 0.1) is 0 Å². The van der Waals surface area contributed by atoms with Gasteiger partial charge in [-0.05, 0) is 12.1 Å². The van der Waals surface area contributed by atoms with Gasteiger partial charge in [0.05, 0.1) is 10.7 Å². The minimum absolute atomic E-state index is 0.623. The van der Waals surface area contributed by atoms with Crippen LogP contribution in [0.25, 0.3) is 5.65 Å². The number of benzene rings is 1. The van der Waals surface area contributed by atoms with E-state index in [4.69, 9.17) is 11.6 Å². The molecule has 1 N–H and O–H groups in total. The first-order chi connectivity index (χ1) is 8.34. The molecule has 0 spiro atoms. The Bertz CT molecular complexity index is 664. The Labute approximate surface area is 102 Å². The summed E-state index contributed by atoms with van der Waals surface area (Å²) in [6, 6.07) is 7.47. The first-order valence-electron chi connectivity index (χ1n) is 5.00. The summed E-state index contributed by atoms with van der Waals surface area (Å²) in [5.74, 6) is 0.623. The number of halogens is 1. The van der Waals surface area contributed by atoms with Gasteiger partial charge in [0.15, 0.2) is 11.5 Å². The van der Waals surface area contributed by atoms with E-state index in [2.05, 4.69) is 20.4 Å². The van der Waals surface area contributed by atoms with E-state index < -0.39 is 0 Å². The third kappa shape index (κ3) is 1.81. The SMILES string of the molecule is Clc1ccccc1Nc1ncnn2ccnc12. The van der Waals surface area contributed by atoms with Crippen LogP contribution in [0.2, 0.25) is 5.02 Å². The second-order valence-electron chi connectivity index (χ2n) is 3.41. The number of nitrogens with one attached hydrogen (secondary N) is 1. The van der Waals surface area contributed by atoms with E-state index in [1.807, 2.05) is 24.3 Å². The number of hydrogen-bond acceptors (Lipinski definition) is 4. The van der Waals surface area contributed by atoms with Crippen molar-refractivity contribution < 1.29 is 0 Å². The third-order valence-electron chi connectivity index (χ3n) is 2.32. The minimum Gasteiger partial charge on any atom is -0.336 e. The van der Waals surface area contributed by atoms with Crippen molar-refractivity contribution in [1.29, 1.82) is 0 Å². The predicted molar refractivity (Wildman–Crippen MR) is 65.5 cm³/mol. The normalized spacial score (nSPS) is 10.6. The molecule has 2 aromatic heterocycles. The summed E-state index contributed by atoms with van der Waals surface area (Å²) in [6.07, 6.45) is 4.89. The van der Waals surface area contributed by atoms with Crippen LogP contribution < -0.4 is 5.32 Å². The first-order valence-corrected chi connectivity index (χ1v) is 5.38. The van der Waals surface area contributed by atoms with Crippen LogP contribution in [0.1, 0.15) is 0 Å². The molecule has 5 nitrogen and oxygen atoms in total. The monoisotopic (exact) mass is 245 g/mol. The lowest BCUT2D eigenvalue weighted by atomic mass is 10.3. The Morgan fingerprint density at radius 2 is 2.06 bits per heavy atom. The zero-order valence-corrected chi connectivity index (χ0v) is 9.46. The standard InChI is InChI=1S/C11H8ClN5/c12-8-3-1-2-4-9(8)16-10-11-13-5-6-17(11)15-7-14-10/h1-7H,(H,14,15,16). The fourth-order valence-electron chi connectivity index (χ4n) is 1.53. The topological polar surface area (TPSA) is 55.1 Å². The molecule has 84 valence electrons. The summed E-state index contributed by atoms with van der Waals surface area (Å²) >= 11 is 6.07. The van der Waals surface area contributed by atoms with E-state index >= 15 is 0 Å². The minimum atomic E-state index is 0.623. The Morgan fingerprint density at radius 1 is 1.18 bits per heavy atom. The number of fused-ring (bicyclic) bond motifs is 1. The first kappa shape index (κ1) is 10.0. The van der Waals surface area contributed by atoms with Crippen molar-refractivity contribution in [2.45, 2.75) is 0 Å². The summed E-state index contributed by atoms with van der Waals surface area (Å²) in [4.78, 5) is 8.33. The number of imidazole rings is 1. The van der Waals surface area contributed by atoms with Gasteiger partial charge in [-0.3, -0.25) is 0 Å². The third-order valence-corrected chi connectivity index (χ3v) is 2.65. The molecule has 0 aliphatic rings. The molecule has 0 saturated carbocycles. The van der Waals surface area contributed by atoms with Crippen LogP contribution in [0.5, 0.6) is 0 Å². The highest BCUT2D eigenvalue weighted by Gasteiger charge is 2.06. The molecular weight excluding hydrogens is 238 g/mol. The maximum Gasteiger partial charge on any atom is 0.197 e. The van der Waals surface area contributed by atoms with Gasteiger partial charge in [0.2, 0.25) is 0 Å². The van der Waals surface area contributed by atoms with Crippen molar-refractivity contribution in [2.24, 2.45) is 0 Å². The van der Waals surface area contributed by atoms with Gasteiger partial charge >= 0.3 is 0 Å². The molecular formula is C11H8ClN5. The number of anilines is 2. The highest BCUT2D eigenvalue weighted by atomic mass is 35.5. The Morgan fingerprint density at radius 3 is 2.94 bits per heavy atom. The van der Waals surface area contributed by atoms with Crippen molar-refractivity contribution in [3.63, 3.8) is 0 Å². The number of hydrogen-bond donors (Lipinski definition) is 1. The molecule has 0 aliphatic heterocycles. The van der Waals surface area contributed by atoms with Crippen molar-refractivity contribution in [2.75, 3.05) is 5.32 Å². The largest absolute Gasteiger partial charge is 0.336 e. The number of rotatable bonds is 2. The van der Waals surface area contributed by atoms with E-state index in [-0.39, 0.29) is 0 Å². The average molecular weight is 246 g/mol. The maximum absolute atomic E-state index is 6.07. The van der Waals surface area contributed by atoms with Gasteiger partial charge < -0.3 is 5.32 Å². The molecule has 6 heteroatoms. The highest BCUT2D eigenvalue weighted by molar-refractivity contribution is 6.33. The van der Waals surface area contributed by atoms with Crippen LogP contribution >= 0.6 is 11.6 Å². The molecule has 0 unspecified atom stereocenters. The van der Waals surface area contributed by atoms with E-state index in [0.29, 0.717) is 16.5 Å². The molecule has 0 aliphatic carbocycles. The zero-order chi connectivity index (χ0) is 11.7. The molecule has 0 fully saturated rings. The lowest BCUT2D eigenvalue weighted by Crippen LogP contribution is -2.00. The second-order valence-corrected chi connectivity index (χ2v) is 3.82. The number of aromatic nitrogens is 4. The van der Waals surface area contributed by atoms with E-state index in [0.717, 1.165) is 5.69 Å². The molecule has 2 heterocycles. The lowest BCUT2D eigenvalue weighted by Gasteiger charge is -2.07. The molecule has 3 rings (SSSR count). The predicted octanol–water partition coefficient (Wildman–Crippen LogP) is 2.52. The zero-order valence-electron chi connectivity index (χ0n) is 8.71. The molecule has 3 aromatic rings. The molecule has 0 amide bonds. The van der Waals surface area contributed by atoms with Crippen molar-refractivity contribution in [1.82, 2.24) is 19.6 Å². The van der Waals surface area contributed by atoms with E-state index in [1.54, 1.807) is 16.9 Å². The van der Waals surface area contributed by atoms with Crippen molar-refractivity contribution in [3.8, 4) is 0 Å². The lowest BCUT2D eigenvalue weighted by molar-refractivity contribution is 0.901. The molecule has 0 radical (unpaired) electrons. The van der Waals surface area contributed by atoms with Gasteiger partial charge in [0, 0.05) is 12.4 Å². The number of para-hydroxylation sites is 1. The number of nitrogens with zero attached hydrogens (tertiary/aromatic N) is 4. The fraction of sp³-hybridized carbons (Fsp3) is 0. The summed E-state index contributed by atoms with van der Waals surface area (Å²) < 4.78 is 1.65. The average Bonchev–Trinajstić information content (AvgIpc) is 2.81. The summed E-state index contributed by atoms with van der Waals surface area (Å²) in [7, 11) is 0. The summed E-state index contributed by atoms with van der Waals surface area (Å²) in [5.41, 5.74) is 1.45. The Hall–Kier alpha value is -2.14. The summed E-state index contributed by atoms with van der Waals surface area (Å²) in [5, 5.41) is 7.81. The van der Waals surface area contributed by atoms with Gasteiger partial charge in [-0.1, -0.05) is 23.7 Å². The Balaban J connectivity index is 2.06. The van der Waals surface area contributed by atoms with Gasteiger partial charge in [-0.2, -0.15) is 5.10 Å². The molecule has 0 saturated heterocycles. The Kier molecular flexibility index (Phi) is 2.38. The quantitative estimate of drug-likeness (QED) is 0.754. The molecule has 0 bridgehead atoms. The van der Waals surface area contributed by atoms with Crippen LogP contribution in [-0.2, 0) is 0 Å². The van der Waals surface area contributed by atoms with Crippen LogP contribution in [-0.4, -0.2) is 19.6 Å².